The van der Waals surface area contributed by atoms with Crippen LogP contribution in [0.2, 0.25) is 0 Å². The van der Waals surface area contributed by atoms with Crippen molar-refractivity contribution in [1.82, 2.24) is 20.6 Å². The summed E-state index contributed by atoms with van der Waals surface area (Å²) in [4.78, 5) is 15.3. The van der Waals surface area contributed by atoms with Crippen LogP contribution >= 0.6 is 0 Å². The van der Waals surface area contributed by atoms with E-state index in [1.165, 1.54) is 6.07 Å². The summed E-state index contributed by atoms with van der Waals surface area (Å²) in [5.41, 5.74) is 2.00. The number of hydrogen-bond donors (Lipinski definition) is 2. The van der Waals surface area contributed by atoms with E-state index in [1.54, 1.807) is 18.5 Å². The van der Waals surface area contributed by atoms with Gasteiger partial charge in [-0.15, -0.1) is 0 Å². The normalized spacial score (nSPS) is 16.0. The molecule has 172 valence electrons. The molecule has 7 nitrogen and oxygen atoms in total. The van der Waals surface area contributed by atoms with Crippen molar-refractivity contribution in [3.8, 4) is 5.88 Å². The van der Waals surface area contributed by atoms with Crippen LogP contribution in [0.4, 0.5) is 10.2 Å². The van der Waals surface area contributed by atoms with Gasteiger partial charge in [0.05, 0.1) is 6.54 Å². The molecule has 1 aliphatic rings. The lowest BCUT2D eigenvalue weighted by Gasteiger charge is -2.20. The van der Waals surface area contributed by atoms with Crippen LogP contribution in [0.3, 0.4) is 0 Å². The number of ether oxygens (including phenoxy) is 1. The predicted octanol–water partition coefficient (Wildman–Crippen LogP) is 3.53. The molecule has 3 heterocycles. The smallest absolute Gasteiger partial charge is 0.218 e. The Kier molecular flexibility index (Phi) is 7.68. The predicted molar refractivity (Wildman–Crippen MR) is 128 cm³/mol. The number of aromatic nitrogens is 2. The van der Waals surface area contributed by atoms with Gasteiger partial charge in [-0.1, -0.05) is 36.4 Å². The highest BCUT2D eigenvalue weighted by Crippen LogP contribution is 2.21. The molecule has 1 aliphatic heterocycles. The number of guanidine groups is 1. The van der Waals surface area contributed by atoms with Crippen LogP contribution < -0.4 is 20.3 Å². The first-order chi connectivity index (χ1) is 16.2. The average Bonchev–Trinajstić information content (AvgIpc) is 3.31. The maximum absolute atomic E-state index is 14.1. The van der Waals surface area contributed by atoms with E-state index in [2.05, 4.69) is 20.6 Å². The molecule has 0 amide bonds. The van der Waals surface area contributed by atoms with Crippen LogP contribution in [0.5, 0.6) is 5.88 Å². The number of rotatable bonds is 8. The number of anilines is 1. The van der Waals surface area contributed by atoms with E-state index in [1.807, 2.05) is 54.3 Å². The summed E-state index contributed by atoms with van der Waals surface area (Å²) in [6.45, 7) is 5.05. The van der Waals surface area contributed by atoms with Gasteiger partial charge in [0.15, 0.2) is 17.6 Å². The average molecular weight is 449 g/mol. The van der Waals surface area contributed by atoms with E-state index in [0.29, 0.717) is 37.4 Å². The highest BCUT2D eigenvalue weighted by molar-refractivity contribution is 5.80. The van der Waals surface area contributed by atoms with Gasteiger partial charge in [0, 0.05) is 43.6 Å². The van der Waals surface area contributed by atoms with Gasteiger partial charge < -0.3 is 20.3 Å². The molecule has 0 spiro atoms. The summed E-state index contributed by atoms with van der Waals surface area (Å²) >= 11 is 0. The zero-order chi connectivity index (χ0) is 22.9. The first kappa shape index (κ1) is 22.5. The molecule has 1 atom stereocenters. The number of pyridine rings is 2. The van der Waals surface area contributed by atoms with Gasteiger partial charge >= 0.3 is 0 Å². The van der Waals surface area contributed by atoms with E-state index >= 15 is 0 Å². The third kappa shape index (κ3) is 6.19. The maximum atomic E-state index is 14.1. The van der Waals surface area contributed by atoms with E-state index in [-0.39, 0.29) is 11.9 Å². The second-order valence-electron chi connectivity index (χ2n) is 7.82. The van der Waals surface area contributed by atoms with Gasteiger partial charge in [-0.2, -0.15) is 0 Å². The molecule has 0 bridgehead atoms. The van der Waals surface area contributed by atoms with Crippen molar-refractivity contribution < 1.29 is 9.13 Å². The van der Waals surface area contributed by atoms with Crippen LogP contribution in [-0.4, -0.2) is 41.6 Å². The number of nitrogens with zero attached hydrogens (tertiary/aromatic N) is 4. The molecule has 1 aromatic carbocycles. The summed E-state index contributed by atoms with van der Waals surface area (Å²) in [5.74, 6) is 1.40. The second kappa shape index (κ2) is 11.3. The molecule has 1 unspecified atom stereocenters. The van der Waals surface area contributed by atoms with Gasteiger partial charge in [0.25, 0.3) is 0 Å². The quantitative estimate of drug-likeness (QED) is 0.406. The molecule has 1 fully saturated rings. The number of hydrogen-bond acceptors (Lipinski definition) is 5. The highest BCUT2D eigenvalue weighted by Gasteiger charge is 2.26. The summed E-state index contributed by atoms with van der Waals surface area (Å²) in [6.07, 6.45) is 4.22. The Labute approximate surface area is 193 Å². The van der Waals surface area contributed by atoms with Crippen molar-refractivity contribution in [3.05, 3.63) is 83.9 Å². The minimum Gasteiger partial charge on any atom is -0.473 e. The van der Waals surface area contributed by atoms with Crippen molar-refractivity contribution in [1.29, 1.82) is 0 Å². The van der Waals surface area contributed by atoms with Crippen LogP contribution in [-0.2, 0) is 13.2 Å². The Balaban J connectivity index is 1.38. The minimum atomic E-state index is -0.293. The first-order valence-corrected chi connectivity index (χ1v) is 11.2. The Bertz CT molecular complexity index is 1060. The molecule has 8 heteroatoms. The molecule has 2 N–H and O–H groups in total. The first-order valence-electron chi connectivity index (χ1n) is 11.2. The molecule has 33 heavy (non-hydrogen) atoms. The summed E-state index contributed by atoms with van der Waals surface area (Å²) < 4.78 is 20.0. The zero-order valence-corrected chi connectivity index (χ0v) is 18.7. The summed E-state index contributed by atoms with van der Waals surface area (Å²) in [7, 11) is 0. The lowest BCUT2D eigenvalue weighted by molar-refractivity contribution is 0.290. The van der Waals surface area contributed by atoms with Crippen LogP contribution in [0.15, 0.2) is 72.0 Å². The molecule has 3 aromatic rings. The SMILES string of the molecule is CCNC(=NCc1cccnc1OCc1ccccc1)NC1CCN(c2ncccc2F)C1. The van der Waals surface area contributed by atoms with Crippen molar-refractivity contribution >= 4 is 11.8 Å². The Morgan fingerprint density at radius 3 is 2.76 bits per heavy atom. The molecule has 0 radical (unpaired) electrons. The fourth-order valence-corrected chi connectivity index (χ4v) is 3.76. The Morgan fingerprint density at radius 1 is 1.12 bits per heavy atom. The fourth-order valence-electron chi connectivity index (χ4n) is 3.76. The fraction of sp³-hybridized carbons (Fsp3) is 0.320. The largest absolute Gasteiger partial charge is 0.473 e. The molecule has 4 rings (SSSR count). The van der Waals surface area contributed by atoms with Gasteiger partial charge in [0.1, 0.15) is 6.61 Å². The van der Waals surface area contributed by atoms with Crippen LogP contribution in [0, 0.1) is 5.82 Å². The molecular weight excluding hydrogens is 419 g/mol. The zero-order valence-electron chi connectivity index (χ0n) is 18.7. The molecule has 1 saturated heterocycles. The van der Waals surface area contributed by atoms with E-state index < -0.39 is 0 Å². The Hall–Kier alpha value is -3.68. The second-order valence-corrected chi connectivity index (χ2v) is 7.82. The molecule has 2 aromatic heterocycles. The topological polar surface area (TPSA) is 74.7 Å². The number of halogens is 1. The van der Waals surface area contributed by atoms with E-state index in [9.17, 15) is 4.39 Å². The van der Waals surface area contributed by atoms with Crippen LogP contribution in [0.1, 0.15) is 24.5 Å². The molecule has 0 saturated carbocycles. The summed E-state index contributed by atoms with van der Waals surface area (Å²) in [6, 6.07) is 17.1. The number of aliphatic imine (C=N–C) groups is 1. The minimum absolute atomic E-state index is 0.145. The van der Waals surface area contributed by atoms with Crippen molar-refractivity contribution in [3.63, 3.8) is 0 Å². The molecule has 0 aliphatic carbocycles. The maximum Gasteiger partial charge on any atom is 0.218 e. The number of benzene rings is 1. The van der Waals surface area contributed by atoms with Crippen molar-refractivity contribution in [2.75, 3.05) is 24.5 Å². The van der Waals surface area contributed by atoms with Gasteiger partial charge in [-0.05, 0) is 37.1 Å². The highest BCUT2D eigenvalue weighted by atomic mass is 19.1. The third-order valence-electron chi connectivity index (χ3n) is 5.39. The van der Waals surface area contributed by atoms with E-state index in [4.69, 9.17) is 9.73 Å². The van der Waals surface area contributed by atoms with Gasteiger partial charge in [-0.25, -0.2) is 19.4 Å². The van der Waals surface area contributed by atoms with Gasteiger partial charge in [0.2, 0.25) is 5.88 Å². The van der Waals surface area contributed by atoms with E-state index in [0.717, 1.165) is 30.6 Å². The molecular formula is C25H29FN6O. The lowest BCUT2D eigenvalue weighted by Crippen LogP contribution is -2.44. The van der Waals surface area contributed by atoms with Crippen molar-refractivity contribution in [2.45, 2.75) is 32.5 Å². The number of nitrogens with one attached hydrogen (secondary N) is 2. The summed E-state index contributed by atoms with van der Waals surface area (Å²) in [5, 5.41) is 6.76. The van der Waals surface area contributed by atoms with Gasteiger partial charge in [-0.3, -0.25) is 0 Å². The van der Waals surface area contributed by atoms with Crippen LogP contribution in [0.25, 0.3) is 0 Å². The third-order valence-corrected chi connectivity index (χ3v) is 5.39. The standard InChI is InChI=1S/C25H29FN6O/c1-2-27-25(31-21-12-15-32(17-21)23-22(26)11-7-13-28-23)30-16-20-10-6-14-29-24(20)33-18-19-8-4-3-5-9-19/h3-11,13-14,21H,2,12,15-18H2,1H3,(H2,27,30,31). The lowest BCUT2D eigenvalue weighted by atomic mass is 10.2. The Morgan fingerprint density at radius 2 is 1.94 bits per heavy atom. The van der Waals surface area contributed by atoms with Crippen molar-refractivity contribution in [2.24, 2.45) is 4.99 Å². The monoisotopic (exact) mass is 448 g/mol.